The summed E-state index contributed by atoms with van der Waals surface area (Å²) in [4.78, 5) is 12.7. The van der Waals surface area contributed by atoms with Crippen LogP contribution in [-0.2, 0) is 10.0 Å². The Hall–Kier alpha value is -4.06. The van der Waals surface area contributed by atoms with Gasteiger partial charge >= 0.3 is 0 Å². The van der Waals surface area contributed by atoms with Crippen molar-refractivity contribution in [3.63, 3.8) is 0 Å². The van der Waals surface area contributed by atoms with E-state index < -0.39 is 21.2 Å². The number of pyridine rings is 1. The quantitative estimate of drug-likeness (QED) is 0.360. The third kappa shape index (κ3) is 4.85. The second kappa shape index (κ2) is 10.3. The molecule has 0 bridgehead atoms. The molecule has 4 rings (SSSR count). The summed E-state index contributed by atoms with van der Waals surface area (Å²) in [6, 6.07) is 8.80. The molecule has 0 saturated heterocycles. The van der Waals surface area contributed by atoms with Crippen LogP contribution in [0.1, 0.15) is 31.2 Å². The van der Waals surface area contributed by atoms with Crippen LogP contribution in [0.3, 0.4) is 0 Å². The summed E-state index contributed by atoms with van der Waals surface area (Å²) in [5.74, 6) is 0.775. The highest BCUT2D eigenvalue weighted by Crippen LogP contribution is 2.38. The number of aromatic nitrogens is 6. The van der Waals surface area contributed by atoms with Gasteiger partial charge in [-0.15, -0.1) is 10.2 Å². The molecular weight excluding hydrogens is 482 g/mol. The van der Waals surface area contributed by atoms with Crippen LogP contribution in [0, 0.1) is 6.92 Å². The van der Waals surface area contributed by atoms with Gasteiger partial charge < -0.3 is 9.47 Å². The standard InChI is InChI=1S/C24H27N7O4S/c1-15-12-27-19(14-26-15)16(2)17(3)36(32,33)30-24-29-28-23(18-8-7-11-25-13-18)31(24)22-20(34-4)9-6-10-21(22)35-5/h6-14,16-17H,1-5H3,(H,29,30)/t16-,17-/m1/s1. The molecule has 0 unspecified atom stereocenters. The molecule has 0 aliphatic carbocycles. The molecule has 3 aromatic heterocycles. The number of aryl methyl sites for hydroxylation is 1. The molecule has 0 amide bonds. The minimum Gasteiger partial charge on any atom is -0.494 e. The lowest BCUT2D eigenvalue weighted by molar-refractivity contribution is 0.391. The molecule has 4 aromatic rings. The molecule has 0 spiro atoms. The zero-order valence-electron chi connectivity index (χ0n) is 20.6. The molecule has 2 atom stereocenters. The van der Waals surface area contributed by atoms with Gasteiger partial charge in [0.25, 0.3) is 0 Å². The van der Waals surface area contributed by atoms with Gasteiger partial charge in [-0.1, -0.05) is 13.0 Å². The van der Waals surface area contributed by atoms with Crippen LogP contribution in [0.15, 0.2) is 55.1 Å². The molecule has 1 N–H and O–H groups in total. The molecule has 12 heteroatoms. The molecule has 0 aliphatic rings. The van der Waals surface area contributed by atoms with E-state index in [9.17, 15) is 8.42 Å². The average molecular weight is 510 g/mol. The predicted molar refractivity (Wildman–Crippen MR) is 135 cm³/mol. The number of sulfonamides is 1. The third-order valence-electron chi connectivity index (χ3n) is 5.90. The summed E-state index contributed by atoms with van der Waals surface area (Å²) >= 11 is 0. The van der Waals surface area contributed by atoms with Gasteiger partial charge in [0.05, 0.1) is 30.9 Å². The topological polar surface area (TPSA) is 134 Å². The zero-order valence-corrected chi connectivity index (χ0v) is 21.4. The van der Waals surface area contributed by atoms with Gasteiger partial charge in [-0.05, 0) is 38.1 Å². The Morgan fingerprint density at radius 2 is 1.67 bits per heavy atom. The van der Waals surface area contributed by atoms with Crippen molar-refractivity contribution in [2.24, 2.45) is 0 Å². The number of methoxy groups -OCH3 is 2. The smallest absolute Gasteiger partial charge is 0.243 e. The van der Waals surface area contributed by atoms with Gasteiger partial charge in [0, 0.05) is 36.3 Å². The Morgan fingerprint density at radius 3 is 2.25 bits per heavy atom. The molecule has 0 radical (unpaired) electrons. The van der Waals surface area contributed by atoms with E-state index >= 15 is 0 Å². The maximum absolute atomic E-state index is 13.5. The van der Waals surface area contributed by atoms with Crippen molar-refractivity contribution in [2.45, 2.75) is 31.9 Å². The van der Waals surface area contributed by atoms with E-state index in [2.05, 4.69) is 29.9 Å². The number of ether oxygens (including phenoxy) is 2. The number of nitrogens with zero attached hydrogens (tertiary/aromatic N) is 6. The minimum atomic E-state index is -3.95. The lowest BCUT2D eigenvalue weighted by atomic mass is 10.1. The summed E-state index contributed by atoms with van der Waals surface area (Å²) in [5.41, 5.74) is 2.39. The molecule has 1 aromatic carbocycles. The van der Waals surface area contributed by atoms with Crippen molar-refractivity contribution in [1.29, 1.82) is 0 Å². The number of benzene rings is 1. The van der Waals surface area contributed by atoms with E-state index in [0.29, 0.717) is 34.3 Å². The summed E-state index contributed by atoms with van der Waals surface area (Å²) in [5, 5.41) is 7.61. The van der Waals surface area contributed by atoms with Crippen molar-refractivity contribution in [3.8, 4) is 28.6 Å². The monoisotopic (exact) mass is 509 g/mol. The van der Waals surface area contributed by atoms with Gasteiger partial charge in [0.15, 0.2) is 5.82 Å². The molecule has 11 nitrogen and oxygen atoms in total. The van der Waals surface area contributed by atoms with E-state index in [4.69, 9.17) is 9.47 Å². The van der Waals surface area contributed by atoms with Crippen molar-refractivity contribution < 1.29 is 17.9 Å². The van der Waals surface area contributed by atoms with Gasteiger partial charge in [-0.25, -0.2) is 8.42 Å². The molecule has 36 heavy (non-hydrogen) atoms. The number of anilines is 1. The van der Waals surface area contributed by atoms with Crippen LogP contribution in [0.25, 0.3) is 17.1 Å². The summed E-state index contributed by atoms with van der Waals surface area (Å²) < 4.78 is 42.3. The number of para-hydroxylation sites is 1. The molecule has 3 heterocycles. The highest BCUT2D eigenvalue weighted by Gasteiger charge is 2.32. The van der Waals surface area contributed by atoms with Crippen LogP contribution >= 0.6 is 0 Å². The zero-order chi connectivity index (χ0) is 25.9. The third-order valence-corrected chi connectivity index (χ3v) is 7.76. The lowest BCUT2D eigenvalue weighted by Gasteiger charge is -2.21. The largest absolute Gasteiger partial charge is 0.494 e. The first-order valence-corrected chi connectivity index (χ1v) is 12.7. The Morgan fingerprint density at radius 1 is 0.944 bits per heavy atom. The highest BCUT2D eigenvalue weighted by molar-refractivity contribution is 7.93. The van der Waals surface area contributed by atoms with Gasteiger partial charge in [0.1, 0.15) is 17.2 Å². The second-order valence-corrected chi connectivity index (χ2v) is 10.2. The first-order valence-electron chi connectivity index (χ1n) is 11.1. The summed E-state index contributed by atoms with van der Waals surface area (Å²) in [7, 11) is -0.915. The second-order valence-electron chi connectivity index (χ2n) is 8.16. The molecular formula is C24H27N7O4S. The summed E-state index contributed by atoms with van der Waals surface area (Å²) in [6.07, 6.45) is 6.45. The number of hydrogen-bond acceptors (Lipinski definition) is 9. The summed E-state index contributed by atoms with van der Waals surface area (Å²) in [6.45, 7) is 5.22. The highest BCUT2D eigenvalue weighted by atomic mass is 32.2. The van der Waals surface area contributed by atoms with Crippen molar-refractivity contribution in [3.05, 3.63) is 66.5 Å². The fourth-order valence-corrected chi connectivity index (χ4v) is 4.91. The van der Waals surface area contributed by atoms with Crippen LogP contribution in [0.5, 0.6) is 11.5 Å². The SMILES string of the molecule is COc1cccc(OC)c1-n1c(NS(=O)(=O)[C@H](C)[C@@H](C)c2cnc(C)cn2)nnc1-c1cccnc1. The number of rotatable bonds is 9. The van der Waals surface area contributed by atoms with Gasteiger partial charge in [-0.2, -0.15) is 0 Å². The van der Waals surface area contributed by atoms with Gasteiger partial charge in [-0.3, -0.25) is 24.2 Å². The predicted octanol–water partition coefficient (Wildman–Crippen LogP) is 3.38. The number of hydrogen-bond donors (Lipinski definition) is 1. The maximum atomic E-state index is 13.5. The lowest BCUT2D eigenvalue weighted by Crippen LogP contribution is -2.31. The van der Waals surface area contributed by atoms with Crippen molar-refractivity contribution in [1.82, 2.24) is 29.7 Å². The molecule has 0 saturated carbocycles. The normalized spacial score (nSPS) is 13.1. The van der Waals surface area contributed by atoms with Crippen molar-refractivity contribution in [2.75, 3.05) is 18.9 Å². The minimum absolute atomic E-state index is 0.0225. The van der Waals surface area contributed by atoms with E-state index in [1.54, 1.807) is 73.5 Å². The fourth-order valence-electron chi connectivity index (χ4n) is 3.66. The van der Waals surface area contributed by atoms with Crippen LogP contribution in [0.2, 0.25) is 0 Å². The Kier molecular flexibility index (Phi) is 7.15. The molecule has 188 valence electrons. The Labute approximate surface area is 209 Å². The molecule has 0 fully saturated rings. The van der Waals surface area contributed by atoms with Gasteiger partial charge in [0.2, 0.25) is 16.0 Å². The first kappa shape index (κ1) is 25.0. The average Bonchev–Trinajstić information content (AvgIpc) is 3.30. The van der Waals surface area contributed by atoms with Crippen LogP contribution in [-0.4, -0.2) is 57.6 Å². The van der Waals surface area contributed by atoms with Crippen LogP contribution in [0.4, 0.5) is 5.95 Å². The fraction of sp³-hybridized carbons (Fsp3) is 0.292. The molecule has 0 aliphatic heterocycles. The van der Waals surface area contributed by atoms with E-state index in [1.165, 1.54) is 14.2 Å². The van der Waals surface area contributed by atoms with E-state index in [0.717, 1.165) is 5.69 Å². The number of nitrogens with one attached hydrogen (secondary N) is 1. The Balaban J connectivity index is 1.81. The van der Waals surface area contributed by atoms with E-state index in [-0.39, 0.29) is 5.95 Å². The maximum Gasteiger partial charge on any atom is 0.243 e. The van der Waals surface area contributed by atoms with Crippen LogP contribution < -0.4 is 14.2 Å². The van der Waals surface area contributed by atoms with Crippen molar-refractivity contribution >= 4 is 16.0 Å². The van der Waals surface area contributed by atoms with E-state index in [1.807, 2.05) is 6.92 Å². The Bertz CT molecular complexity index is 1420. The first-order chi connectivity index (χ1) is 17.3.